The average molecular weight is 187 g/mol. The summed E-state index contributed by atoms with van der Waals surface area (Å²) in [6.45, 7) is 0.840. The molecule has 0 saturated heterocycles. The molecule has 3 rings (SSSR count). The Morgan fingerprint density at radius 3 is 3.29 bits per heavy atom. The Hall–Kier alpha value is -1.91. The van der Waals surface area contributed by atoms with Crippen molar-refractivity contribution in [2.45, 2.75) is 6.42 Å². The number of hydrogen-bond donors (Lipinski definition) is 1. The van der Waals surface area contributed by atoms with Crippen molar-refractivity contribution < 1.29 is 0 Å². The van der Waals surface area contributed by atoms with Gasteiger partial charge in [0, 0.05) is 25.2 Å². The molecule has 0 aliphatic carbocycles. The Balaban J connectivity index is 2.16. The van der Waals surface area contributed by atoms with Gasteiger partial charge >= 0.3 is 0 Å². The van der Waals surface area contributed by atoms with E-state index in [2.05, 4.69) is 20.2 Å². The molecule has 0 saturated carbocycles. The summed E-state index contributed by atoms with van der Waals surface area (Å²) in [7, 11) is 0. The number of aliphatic imine (C=N–C) groups is 1. The molecule has 0 amide bonds. The van der Waals surface area contributed by atoms with Gasteiger partial charge in [-0.1, -0.05) is 0 Å². The first-order chi connectivity index (χ1) is 6.95. The second-order valence-electron chi connectivity index (χ2n) is 3.17. The minimum absolute atomic E-state index is 0.840. The van der Waals surface area contributed by atoms with Crippen molar-refractivity contribution >= 4 is 6.21 Å². The Bertz CT molecular complexity index is 465. The van der Waals surface area contributed by atoms with Crippen molar-refractivity contribution in [3.05, 3.63) is 30.0 Å². The summed E-state index contributed by atoms with van der Waals surface area (Å²) in [5, 5.41) is 6.84. The number of imidazole rings is 1. The summed E-state index contributed by atoms with van der Waals surface area (Å²) in [6.07, 6.45) is 6.30. The number of nitrogens with one attached hydrogen (secondary N) is 1. The zero-order chi connectivity index (χ0) is 9.38. The number of hydrogen-bond acceptors (Lipinski definition) is 3. The zero-order valence-corrected chi connectivity index (χ0v) is 7.51. The molecule has 0 aromatic carbocycles. The maximum absolute atomic E-state index is 4.28. The quantitative estimate of drug-likeness (QED) is 0.709. The number of H-pyrrole nitrogens is 1. The third-order valence-electron chi connectivity index (χ3n) is 2.34. The van der Waals surface area contributed by atoms with E-state index < -0.39 is 0 Å². The molecule has 2 aromatic rings. The van der Waals surface area contributed by atoms with Gasteiger partial charge < -0.3 is 0 Å². The van der Waals surface area contributed by atoms with Crippen molar-refractivity contribution in [3.63, 3.8) is 0 Å². The van der Waals surface area contributed by atoms with Gasteiger partial charge in [0.2, 0.25) is 0 Å². The normalized spacial score (nSPS) is 14.3. The van der Waals surface area contributed by atoms with Crippen LogP contribution in [0, 0.1) is 0 Å². The lowest BCUT2D eigenvalue weighted by Gasteiger charge is -2.07. The molecule has 0 atom stereocenters. The molecule has 0 fully saturated rings. The van der Waals surface area contributed by atoms with E-state index in [1.165, 1.54) is 5.69 Å². The van der Waals surface area contributed by atoms with Gasteiger partial charge in [-0.05, 0) is 0 Å². The average Bonchev–Trinajstić information content (AvgIpc) is 2.85. The predicted molar refractivity (Wildman–Crippen MR) is 51.9 cm³/mol. The van der Waals surface area contributed by atoms with Crippen LogP contribution in [0.5, 0.6) is 0 Å². The van der Waals surface area contributed by atoms with Crippen LogP contribution >= 0.6 is 0 Å². The number of nitrogens with zero attached hydrogens (tertiary/aromatic N) is 4. The zero-order valence-electron chi connectivity index (χ0n) is 7.51. The molecule has 14 heavy (non-hydrogen) atoms. The number of aromatic amines is 1. The van der Waals surface area contributed by atoms with E-state index in [9.17, 15) is 0 Å². The lowest BCUT2D eigenvalue weighted by atomic mass is 10.2. The fraction of sp³-hybridized carbons (Fsp3) is 0.222. The van der Waals surface area contributed by atoms with E-state index in [-0.39, 0.29) is 0 Å². The molecule has 0 spiro atoms. The van der Waals surface area contributed by atoms with Crippen molar-refractivity contribution in [1.29, 1.82) is 0 Å². The van der Waals surface area contributed by atoms with E-state index in [1.54, 1.807) is 12.5 Å². The molecule has 1 N–H and O–H groups in total. The van der Waals surface area contributed by atoms with Crippen LogP contribution in [0.15, 0.2) is 23.6 Å². The van der Waals surface area contributed by atoms with Crippen LogP contribution in [0.1, 0.15) is 11.4 Å². The predicted octanol–water partition coefficient (Wildman–Crippen LogP) is 0.570. The molecule has 0 unspecified atom stereocenters. The third-order valence-corrected chi connectivity index (χ3v) is 2.34. The maximum Gasteiger partial charge on any atom is 0.133 e. The van der Waals surface area contributed by atoms with Gasteiger partial charge in [-0.2, -0.15) is 5.10 Å². The van der Waals surface area contributed by atoms with Crippen LogP contribution in [0.4, 0.5) is 0 Å². The molecule has 70 valence electrons. The van der Waals surface area contributed by atoms with Crippen molar-refractivity contribution in [1.82, 2.24) is 19.7 Å². The van der Waals surface area contributed by atoms with Crippen molar-refractivity contribution in [2.75, 3.05) is 6.54 Å². The summed E-state index contributed by atoms with van der Waals surface area (Å²) in [5.74, 6) is 0.953. The van der Waals surface area contributed by atoms with E-state index in [4.69, 9.17) is 0 Å². The highest BCUT2D eigenvalue weighted by molar-refractivity contribution is 5.79. The van der Waals surface area contributed by atoms with Gasteiger partial charge in [-0.25, -0.2) is 4.98 Å². The third kappa shape index (κ3) is 0.985. The molecule has 0 bridgehead atoms. The molecule has 5 nitrogen and oxygen atoms in total. The van der Waals surface area contributed by atoms with Crippen LogP contribution in [0.2, 0.25) is 0 Å². The Labute approximate surface area is 80.5 Å². The van der Waals surface area contributed by atoms with Gasteiger partial charge in [0.05, 0.1) is 11.9 Å². The Kier molecular flexibility index (Phi) is 1.50. The topological polar surface area (TPSA) is 58.9 Å². The van der Waals surface area contributed by atoms with Crippen molar-refractivity contribution in [3.8, 4) is 5.82 Å². The Morgan fingerprint density at radius 1 is 1.43 bits per heavy atom. The molecule has 1 aliphatic rings. The van der Waals surface area contributed by atoms with Crippen LogP contribution < -0.4 is 0 Å². The smallest absolute Gasteiger partial charge is 0.133 e. The van der Waals surface area contributed by atoms with Gasteiger partial charge in [0.25, 0.3) is 0 Å². The standard InChI is InChI=1S/C9H9N5/c1-3-10-5-7-8(1)14(6-11-7)9-2-4-12-13-9/h2,4-6H,1,3H2,(H,12,13). The summed E-state index contributed by atoms with van der Waals surface area (Å²) in [4.78, 5) is 8.46. The fourth-order valence-electron chi connectivity index (χ4n) is 1.66. The fourth-order valence-corrected chi connectivity index (χ4v) is 1.66. The molecule has 1 aliphatic heterocycles. The summed E-state index contributed by atoms with van der Waals surface area (Å²) in [5.41, 5.74) is 2.16. The van der Waals surface area contributed by atoms with Gasteiger partial charge in [0.15, 0.2) is 0 Å². The van der Waals surface area contributed by atoms with Crippen molar-refractivity contribution in [2.24, 2.45) is 4.99 Å². The SMILES string of the molecule is C1=NCCc2c1ncn2-c1ccn[nH]1. The molecule has 3 heterocycles. The first-order valence-corrected chi connectivity index (χ1v) is 4.51. The monoisotopic (exact) mass is 187 g/mol. The highest BCUT2D eigenvalue weighted by Crippen LogP contribution is 2.14. The maximum atomic E-state index is 4.28. The second kappa shape index (κ2) is 2.80. The van der Waals surface area contributed by atoms with Gasteiger partial charge in [-0.3, -0.25) is 14.7 Å². The van der Waals surface area contributed by atoms with E-state index in [1.807, 2.05) is 16.8 Å². The molecule has 2 aromatic heterocycles. The van der Waals surface area contributed by atoms with Crippen LogP contribution in [-0.2, 0) is 6.42 Å². The first kappa shape index (κ1) is 7.49. The number of fused-ring (bicyclic) bond motifs is 1. The summed E-state index contributed by atoms with van der Waals surface area (Å²) < 4.78 is 2.02. The van der Waals surface area contributed by atoms with Gasteiger partial charge in [-0.15, -0.1) is 0 Å². The summed E-state index contributed by atoms with van der Waals surface area (Å²) in [6, 6.07) is 1.92. The van der Waals surface area contributed by atoms with Crippen LogP contribution in [-0.4, -0.2) is 32.5 Å². The first-order valence-electron chi connectivity index (χ1n) is 4.51. The van der Waals surface area contributed by atoms with Crippen LogP contribution in [0.3, 0.4) is 0 Å². The largest absolute Gasteiger partial charge is 0.290 e. The van der Waals surface area contributed by atoms with Gasteiger partial charge in [0.1, 0.15) is 17.8 Å². The number of rotatable bonds is 1. The lowest BCUT2D eigenvalue weighted by Crippen LogP contribution is -2.07. The second-order valence-corrected chi connectivity index (χ2v) is 3.17. The molecule has 0 radical (unpaired) electrons. The van der Waals surface area contributed by atoms with E-state index in [0.29, 0.717) is 0 Å². The summed E-state index contributed by atoms with van der Waals surface area (Å²) >= 11 is 0. The molecular weight excluding hydrogens is 178 g/mol. The van der Waals surface area contributed by atoms with Crippen LogP contribution in [0.25, 0.3) is 5.82 Å². The number of aromatic nitrogens is 4. The minimum Gasteiger partial charge on any atom is -0.290 e. The highest BCUT2D eigenvalue weighted by Gasteiger charge is 2.13. The lowest BCUT2D eigenvalue weighted by molar-refractivity contribution is 0.841. The molecular formula is C9H9N5. The van der Waals surface area contributed by atoms with E-state index >= 15 is 0 Å². The Morgan fingerprint density at radius 2 is 2.43 bits per heavy atom. The highest BCUT2D eigenvalue weighted by atomic mass is 15.2. The minimum atomic E-state index is 0.840. The van der Waals surface area contributed by atoms with E-state index in [0.717, 1.165) is 24.5 Å². The molecule has 5 heteroatoms.